The van der Waals surface area contributed by atoms with Crippen molar-refractivity contribution >= 4 is 65.9 Å². The molecule has 4 aromatic carbocycles. The molecule has 1 aliphatic carbocycles. The summed E-state index contributed by atoms with van der Waals surface area (Å²) < 4.78 is 13.7. The van der Waals surface area contributed by atoms with Gasteiger partial charge in [0.2, 0.25) is 0 Å². The van der Waals surface area contributed by atoms with Crippen LogP contribution in [-0.2, 0) is 0 Å². The zero-order valence-electron chi connectivity index (χ0n) is 19.2. The highest BCUT2D eigenvalue weighted by molar-refractivity contribution is 6.25. The van der Waals surface area contributed by atoms with Crippen molar-refractivity contribution < 1.29 is 4.42 Å². The summed E-state index contributed by atoms with van der Waals surface area (Å²) in [4.78, 5) is 0. The Bertz CT molecular complexity index is 2260. The minimum Gasteiger partial charge on any atom is -0.456 e. The molecule has 0 N–H and O–H groups in total. The minimum atomic E-state index is 0.337. The SMILES string of the molecule is C1=CC2C(C=C1c1ccccc1)n1c3c(c4cccc5c6cc7oc8ccccc8c7cc6n3c54)n12. The highest BCUT2D eigenvalue weighted by Gasteiger charge is 2.43. The van der Waals surface area contributed by atoms with Gasteiger partial charge in [0.15, 0.2) is 5.65 Å². The van der Waals surface area contributed by atoms with Crippen molar-refractivity contribution in [1.29, 1.82) is 0 Å². The maximum atomic E-state index is 6.25. The van der Waals surface area contributed by atoms with E-state index in [-0.39, 0.29) is 0 Å². The molecule has 0 fully saturated rings. The number of hydrogen-bond donors (Lipinski definition) is 0. The van der Waals surface area contributed by atoms with Gasteiger partial charge in [-0.05, 0) is 35.4 Å². The number of hydrogen-bond acceptors (Lipinski definition) is 1. The van der Waals surface area contributed by atoms with Crippen molar-refractivity contribution in [2.75, 3.05) is 0 Å². The summed E-state index contributed by atoms with van der Waals surface area (Å²) in [7, 11) is 0. The first-order valence-corrected chi connectivity index (χ1v) is 12.5. The van der Waals surface area contributed by atoms with Crippen molar-refractivity contribution in [2.24, 2.45) is 0 Å². The Morgan fingerprint density at radius 3 is 2.39 bits per heavy atom. The fourth-order valence-corrected chi connectivity index (χ4v) is 6.95. The van der Waals surface area contributed by atoms with E-state index in [1.54, 1.807) is 0 Å². The number of nitrogens with zero attached hydrogens (tertiary/aromatic N) is 3. The van der Waals surface area contributed by atoms with Gasteiger partial charge in [0, 0.05) is 26.9 Å². The molecule has 2 atom stereocenters. The first kappa shape index (κ1) is 17.7. The molecule has 0 spiro atoms. The van der Waals surface area contributed by atoms with Crippen molar-refractivity contribution in [3.8, 4) is 0 Å². The molecule has 0 saturated heterocycles. The summed E-state index contributed by atoms with van der Waals surface area (Å²) in [5, 5.41) is 6.23. The van der Waals surface area contributed by atoms with E-state index in [4.69, 9.17) is 4.42 Å². The van der Waals surface area contributed by atoms with E-state index in [1.807, 2.05) is 6.07 Å². The molecule has 2 aliphatic rings. The third-order valence-corrected chi connectivity index (χ3v) is 8.49. The lowest BCUT2D eigenvalue weighted by Gasteiger charge is -2.47. The van der Waals surface area contributed by atoms with Crippen molar-refractivity contribution in [3.63, 3.8) is 0 Å². The van der Waals surface area contributed by atoms with Crippen molar-refractivity contribution in [1.82, 2.24) is 13.8 Å². The smallest absolute Gasteiger partial charge is 0.160 e. The highest BCUT2D eigenvalue weighted by atomic mass is 16.3. The van der Waals surface area contributed by atoms with E-state index in [0.717, 1.165) is 11.2 Å². The van der Waals surface area contributed by atoms with Crippen LogP contribution in [-0.4, -0.2) is 13.8 Å². The predicted octanol–water partition coefficient (Wildman–Crippen LogP) is 8.09. The number of aromatic nitrogens is 3. The van der Waals surface area contributed by atoms with Gasteiger partial charge in [-0.3, -0.25) is 13.8 Å². The third-order valence-electron chi connectivity index (χ3n) is 8.49. The molecule has 4 aromatic heterocycles. The molecule has 168 valence electrons. The van der Waals surface area contributed by atoms with Crippen LogP contribution in [0.1, 0.15) is 17.6 Å². The second kappa shape index (κ2) is 5.74. The molecule has 36 heavy (non-hydrogen) atoms. The van der Waals surface area contributed by atoms with Gasteiger partial charge >= 0.3 is 0 Å². The largest absolute Gasteiger partial charge is 0.456 e. The molecule has 4 heteroatoms. The van der Waals surface area contributed by atoms with Gasteiger partial charge in [0.05, 0.1) is 23.1 Å². The van der Waals surface area contributed by atoms with Crippen LogP contribution in [0.25, 0.3) is 65.9 Å². The molecular weight excluding hydrogens is 442 g/mol. The summed E-state index contributed by atoms with van der Waals surface area (Å²) in [6, 6.07) is 31.1. The third kappa shape index (κ3) is 1.83. The van der Waals surface area contributed by atoms with Crippen LogP contribution < -0.4 is 0 Å². The monoisotopic (exact) mass is 461 g/mol. The highest BCUT2D eigenvalue weighted by Crippen LogP contribution is 2.52. The summed E-state index contributed by atoms with van der Waals surface area (Å²) in [5.41, 5.74) is 9.71. The number of para-hydroxylation sites is 2. The van der Waals surface area contributed by atoms with E-state index in [1.165, 1.54) is 60.3 Å². The molecule has 0 saturated carbocycles. The van der Waals surface area contributed by atoms with E-state index >= 15 is 0 Å². The Morgan fingerprint density at radius 1 is 0.611 bits per heavy atom. The molecule has 0 bridgehead atoms. The van der Waals surface area contributed by atoms with E-state index < -0.39 is 0 Å². The zero-order chi connectivity index (χ0) is 23.1. The number of rotatable bonds is 1. The van der Waals surface area contributed by atoms with Crippen LogP contribution in [0, 0.1) is 0 Å². The van der Waals surface area contributed by atoms with Crippen LogP contribution in [0.2, 0.25) is 0 Å². The van der Waals surface area contributed by atoms with Crippen LogP contribution in [0.3, 0.4) is 0 Å². The van der Waals surface area contributed by atoms with Gasteiger partial charge in [0.1, 0.15) is 16.7 Å². The Morgan fingerprint density at radius 2 is 1.44 bits per heavy atom. The molecule has 2 unspecified atom stereocenters. The number of furan rings is 1. The number of fused-ring (bicyclic) bond motifs is 15. The quantitative estimate of drug-likeness (QED) is 0.243. The maximum Gasteiger partial charge on any atom is 0.160 e. The van der Waals surface area contributed by atoms with Crippen LogP contribution in [0.5, 0.6) is 0 Å². The summed E-state index contributed by atoms with van der Waals surface area (Å²) in [6.07, 6.45) is 7.10. The van der Waals surface area contributed by atoms with Crippen LogP contribution in [0.4, 0.5) is 0 Å². The standard InChI is InChI=1S/C32H19N3O/c1-2-7-18(8-3-1)19-13-14-25-27(15-19)35-32-31(34(25)35)22-11-6-10-21-23-17-29-24(16-26(23)33(32)30(21)22)20-9-4-5-12-28(20)36-29/h1-17,25,27H. The van der Waals surface area contributed by atoms with Gasteiger partial charge in [0.25, 0.3) is 0 Å². The molecule has 0 amide bonds. The van der Waals surface area contributed by atoms with Crippen molar-refractivity contribution in [2.45, 2.75) is 12.1 Å². The lowest BCUT2D eigenvalue weighted by atomic mass is 9.90. The van der Waals surface area contributed by atoms with E-state index in [0.29, 0.717) is 12.1 Å². The summed E-state index contributed by atoms with van der Waals surface area (Å²) in [5.74, 6) is 0. The first-order valence-electron chi connectivity index (χ1n) is 12.5. The molecular formula is C32H19N3O. The first-order chi connectivity index (χ1) is 17.9. The summed E-state index contributed by atoms with van der Waals surface area (Å²) >= 11 is 0. The number of benzene rings is 4. The molecule has 1 aliphatic heterocycles. The van der Waals surface area contributed by atoms with Crippen molar-refractivity contribution in [3.05, 3.63) is 109 Å². The number of allylic oxidation sites excluding steroid dienone is 4. The maximum absolute atomic E-state index is 6.25. The van der Waals surface area contributed by atoms with Crippen LogP contribution >= 0.6 is 0 Å². The molecule has 5 heterocycles. The van der Waals surface area contributed by atoms with Crippen LogP contribution in [0.15, 0.2) is 108 Å². The molecule has 10 rings (SSSR count). The average molecular weight is 462 g/mol. The van der Waals surface area contributed by atoms with Gasteiger partial charge in [-0.25, -0.2) is 0 Å². The average Bonchev–Trinajstić information content (AvgIpc) is 3.52. The molecule has 0 radical (unpaired) electrons. The lowest BCUT2D eigenvalue weighted by molar-refractivity contribution is 0.213. The fraction of sp³-hybridized carbons (Fsp3) is 0.0625. The minimum absolute atomic E-state index is 0.337. The van der Waals surface area contributed by atoms with E-state index in [2.05, 4.69) is 111 Å². The second-order valence-corrected chi connectivity index (χ2v) is 10.2. The van der Waals surface area contributed by atoms with Gasteiger partial charge in [-0.15, -0.1) is 0 Å². The summed E-state index contributed by atoms with van der Waals surface area (Å²) in [6.45, 7) is 0. The Kier molecular flexibility index (Phi) is 2.82. The lowest BCUT2D eigenvalue weighted by Crippen LogP contribution is -2.45. The zero-order valence-corrected chi connectivity index (χ0v) is 19.2. The predicted molar refractivity (Wildman–Crippen MR) is 146 cm³/mol. The van der Waals surface area contributed by atoms with E-state index in [9.17, 15) is 0 Å². The molecule has 4 nitrogen and oxygen atoms in total. The normalized spacial score (nSPS) is 19.2. The fourth-order valence-electron chi connectivity index (χ4n) is 6.95. The Labute approximate surface area is 204 Å². The second-order valence-electron chi connectivity index (χ2n) is 10.2. The van der Waals surface area contributed by atoms with Gasteiger partial charge < -0.3 is 4.42 Å². The Balaban J connectivity index is 1.30. The Hall–Kier alpha value is -4.70. The van der Waals surface area contributed by atoms with Gasteiger partial charge in [-0.2, -0.15) is 0 Å². The van der Waals surface area contributed by atoms with Gasteiger partial charge in [-0.1, -0.05) is 78.9 Å². The molecule has 8 aromatic rings. The topological polar surface area (TPSA) is 27.4 Å².